The van der Waals surface area contributed by atoms with Crippen molar-refractivity contribution in [2.45, 2.75) is 25.0 Å². The second-order valence-corrected chi connectivity index (χ2v) is 6.21. The van der Waals surface area contributed by atoms with Crippen molar-refractivity contribution in [3.63, 3.8) is 0 Å². The van der Waals surface area contributed by atoms with Gasteiger partial charge in [0.2, 0.25) is 11.8 Å². The summed E-state index contributed by atoms with van der Waals surface area (Å²) in [5.74, 6) is 0.623. The zero-order chi connectivity index (χ0) is 15.4. The predicted octanol–water partition coefficient (Wildman–Crippen LogP) is 4.23. The topological polar surface area (TPSA) is 68.0 Å². The van der Waals surface area contributed by atoms with Crippen molar-refractivity contribution in [2.24, 2.45) is 0 Å². The number of nitrogens with zero attached hydrogens (tertiary/aromatic N) is 2. The molecule has 1 aromatic heterocycles. The van der Waals surface area contributed by atoms with Crippen molar-refractivity contribution in [2.75, 3.05) is 11.1 Å². The molecule has 1 aromatic carbocycles. The minimum atomic E-state index is -0.228. The number of thioether (sulfide) groups is 1. The van der Waals surface area contributed by atoms with E-state index in [1.54, 1.807) is 18.2 Å². The van der Waals surface area contributed by atoms with Gasteiger partial charge in [0.05, 0.1) is 21.5 Å². The van der Waals surface area contributed by atoms with Gasteiger partial charge in [-0.3, -0.25) is 4.79 Å². The lowest BCUT2D eigenvalue weighted by molar-refractivity contribution is -0.113. The van der Waals surface area contributed by atoms with Crippen LogP contribution in [0.2, 0.25) is 10.0 Å². The van der Waals surface area contributed by atoms with E-state index in [9.17, 15) is 4.79 Å². The van der Waals surface area contributed by atoms with Crippen LogP contribution in [0.1, 0.15) is 25.7 Å². The minimum Gasteiger partial charge on any atom is -0.416 e. The number of hydrogen-bond acceptors (Lipinski definition) is 5. The van der Waals surface area contributed by atoms with Gasteiger partial charge in [-0.25, -0.2) is 0 Å². The molecular formula is C13H13Cl2N3O2S. The summed E-state index contributed by atoms with van der Waals surface area (Å²) < 4.78 is 5.40. The lowest BCUT2D eigenvalue weighted by atomic mass is 10.2. The van der Waals surface area contributed by atoms with E-state index >= 15 is 0 Å². The monoisotopic (exact) mass is 345 g/mol. The summed E-state index contributed by atoms with van der Waals surface area (Å²) in [4.78, 5) is 11.9. The largest absolute Gasteiger partial charge is 0.416 e. The van der Waals surface area contributed by atoms with Gasteiger partial charge in [-0.2, -0.15) is 0 Å². The van der Waals surface area contributed by atoms with E-state index in [2.05, 4.69) is 15.5 Å². The van der Waals surface area contributed by atoms with Crippen LogP contribution in [0.3, 0.4) is 0 Å². The van der Waals surface area contributed by atoms with Gasteiger partial charge >= 0.3 is 0 Å². The van der Waals surface area contributed by atoms with Gasteiger partial charge in [-0.1, -0.05) is 54.9 Å². The van der Waals surface area contributed by atoms with Crippen LogP contribution in [0.5, 0.6) is 0 Å². The van der Waals surface area contributed by atoms with E-state index in [0.717, 1.165) is 0 Å². The van der Waals surface area contributed by atoms with Gasteiger partial charge in [-0.15, -0.1) is 10.2 Å². The summed E-state index contributed by atoms with van der Waals surface area (Å²) in [5.41, 5.74) is 0.475. The highest BCUT2D eigenvalue weighted by Gasteiger charge is 2.13. The first-order valence-electron chi connectivity index (χ1n) is 6.17. The Morgan fingerprint density at radius 3 is 2.81 bits per heavy atom. The van der Waals surface area contributed by atoms with Gasteiger partial charge < -0.3 is 9.73 Å². The van der Waals surface area contributed by atoms with E-state index in [4.69, 9.17) is 27.6 Å². The number of carbonyl (C=O) groups is 1. The maximum absolute atomic E-state index is 11.9. The van der Waals surface area contributed by atoms with Crippen LogP contribution in [-0.2, 0) is 4.79 Å². The number of benzene rings is 1. The number of halogens is 2. The molecule has 5 nitrogen and oxygen atoms in total. The Labute approximate surface area is 136 Å². The van der Waals surface area contributed by atoms with Crippen molar-refractivity contribution < 1.29 is 9.21 Å². The number of hydrogen-bond donors (Lipinski definition) is 1. The number of anilines is 1. The lowest BCUT2D eigenvalue weighted by Crippen LogP contribution is -2.14. The lowest BCUT2D eigenvalue weighted by Gasteiger charge is -2.07. The smallest absolute Gasteiger partial charge is 0.277 e. The van der Waals surface area contributed by atoms with Crippen LogP contribution in [0.15, 0.2) is 27.8 Å². The first-order valence-corrected chi connectivity index (χ1v) is 7.91. The Bertz CT molecular complexity index is 646. The molecule has 0 fully saturated rings. The van der Waals surface area contributed by atoms with Crippen LogP contribution in [0.4, 0.5) is 5.69 Å². The highest BCUT2D eigenvalue weighted by Crippen LogP contribution is 2.29. The molecular weight excluding hydrogens is 333 g/mol. The fourth-order valence-corrected chi connectivity index (χ4v) is 2.34. The quantitative estimate of drug-likeness (QED) is 0.821. The molecule has 0 bridgehead atoms. The molecule has 0 radical (unpaired) electrons. The number of carbonyl (C=O) groups excluding carboxylic acids is 1. The molecule has 2 rings (SSSR count). The molecule has 0 aliphatic rings. The van der Waals surface area contributed by atoms with Crippen LogP contribution in [-0.4, -0.2) is 21.9 Å². The van der Waals surface area contributed by atoms with Crippen molar-refractivity contribution in [3.05, 3.63) is 34.1 Å². The normalized spacial score (nSPS) is 10.9. The van der Waals surface area contributed by atoms with Crippen molar-refractivity contribution in [3.8, 4) is 0 Å². The molecule has 8 heteroatoms. The summed E-state index contributed by atoms with van der Waals surface area (Å²) in [5, 5.41) is 11.5. The van der Waals surface area contributed by atoms with E-state index < -0.39 is 0 Å². The Kier molecular flexibility index (Phi) is 5.50. The average molecular weight is 346 g/mol. The first kappa shape index (κ1) is 16.1. The second-order valence-electron chi connectivity index (χ2n) is 4.50. The summed E-state index contributed by atoms with van der Waals surface area (Å²) in [6.45, 7) is 3.91. The minimum absolute atomic E-state index is 0.141. The molecule has 1 heterocycles. The third-order valence-corrected chi connectivity index (χ3v) is 4.11. The Morgan fingerprint density at radius 1 is 1.38 bits per heavy atom. The second kappa shape index (κ2) is 7.15. The number of aromatic nitrogens is 2. The first-order chi connectivity index (χ1) is 9.97. The Balaban J connectivity index is 1.91. The van der Waals surface area contributed by atoms with Crippen LogP contribution in [0.25, 0.3) is 0 Å². The van der Waals surface area contributed by atoms with Gasteiger partial charge in [0, 0.05) is 5.92 Å². The zero-order valence-corrected chi connectivity index (χ0v) is 13.7. The zero-order valence-electron chi connectivity index (χ0n) is 11.4. The molecule has 0 saturated heterocycles. The standard InChI is InChI=1S/C13H13Cl2N3O2S/c1-7(2)12-17-18-13(20-12)21-6-10(19)16-9-5-3-4-8(14)11(9)15/h3-5,7H,6H2,1-2H3,(H,16,19). The van der Waals surface area contributed by atoms with E-state index in [1.165, 1.54) is 11.8 Å². The fraction of sp³-hybridized carbons (Fsp3) is 0.308. The molecule has 21 heavy (non-hydrogen) atoms. The summed E-state index contributed by atoms with van der Waals surface area (Å²) in [6.07, 6.45) is 0. The molecule has 0 spiro atoms. The maximum atomic E-state index is 11.9. The van der Waals surface area contributed by atoms with Crippen molar-refractivity contribution in [1.82, 2.24) is 10.2 Å². The fourth-order valence-electron chi connectivity index (χ4n) is 1.43. The highest BCUT2D eigenvalue weighted by molar-refractivity contribution is 7.99. The van der Waals surface area contributed by atoms with Gasteiger partial charge in [0.1, 0.15) is 0 Å². The maximum Gasteiger partial charge on any atom is 0.277 e. The molecule has 0 aliphatic heterocycles. The van der Waals surface area contributed by atoms with Crippen LogP contribution < -0.4 is 5.32 Å². The summed E-state index contributed by atoms with van der Waals surface area (Å²) in [7, 11) is 0. The molecule has 112 valence electrons. The van der Waals surface area contributed by atoms with Crippen LogP contribution in [0, 0.1) is 0 Å². The van der Waals surface area contributed by atoms with Gasteiger partial charge in [0.15, 0.2) is 0 Å². The average Bonchev–Trinajstić information content (AvgIpc) is 2.91. The third-order valence-electron chi connectivity index (χ3n) is 2.47. The molecule has 1 amide bonds. The highest BCUT2D eigenvalue weighted by atomic mass is 35.5. The summed E-state index contributed by atoms with van der Waals surface area (Å²) in [6, 6.07) is 5.05. The van der Waals surface area contributed by atoms with Crippen molar-refractivity contribution >= 4 is 46.6 Å². The third kappa shape index (κ3) is 4.36. The van der Waals surface area contributed by atoms with E-state index in [1.807, 2.05) is 13.8 Å². The Morgan fingerprint density at radius 2 is 2.14 bits per heavy atom. The molecule has 0 unspecified atom stereocenters. The molecule has 0 aliphatic carbocycles. The van der Waals surface area contributed by atoms with Gasteiger partial charge in [0.25, 0.3) is 5.22 Å². The number of rotatable bonds is 5. The van der Waals surface area contributed by atoms with Crippen LogP contribution >= 0.6 is 35.0 Å². The SMILES string of the molecule is CC(C)c1nnc(SCC(=O)Nc2cccc(Cl)c2Cl)o1. The van der Waals surface area contributed by atoms with Gasteiger partial charge in [-0.05, 0) is 12.1 Å². The van der Waals surface area contributed by atoms with E-state index in [0.29, 0.717) is 26.8 Å². The summed E-state index contributed by atoms with van der Waals surface area (Å²) >= 11 is 13.0. The van der Waals surface area contributed by atoms with E-state index in [-0.39, 0.29) is 17.6 Å². The number of amides is 1. The Hall–Kier alpha value is -1.24. The van der Waals surface area contributed by atoms with Crippen molar-refractivity contribution in [1.29, 1.82) is 0 Å². The molecule has 0 atom stereocenters. The molecule has 1 N–H and O–H groups in total. The molecule has 0 saturated carbocycles. The predicted molar refractivity (Wildman–Crippen MR) is 84.2 cm³/mol. The number of nitrogens with one attached hydrogen (secondary N) is 1. The molecule has 2 aromatic rings.